The van der Waals surface area contributed by atoms with E-state index in [9.17, 15) is 19.5 Å². The Balaban J connectivity index is 1.12. The van der Waals surface area contributed by atoms with Gasteiger partial charge >= 0.3 is 12.1 Å². The minimum absolute atomic E-state index is 0.0554. The fourth-order valence-electron chi connectivity index (χ4n) is 7.93. The summed E-state index contributed by atoms with van der Waals surface area (Å²) in [7, 11) is 0. The van der Waals surface area contributed by atoms with Gasteiger partial charge in [-0.15, -0.1) is 0 Å². The lowest BCUT2D eigenvalue weighted by Crippen LogP contribution is -2.48. The van der Waals surface area contributed by atoms with E-state index in [-0.39, 0.29) is 36.5 Å². The highest BCUT2D eigenvalue weighted by molar-refractivity contribution is 6.06. The summed E-state index contributed by atoms with van der Waals surface area (Å²) in [4.78, 5) is 48.7. The number of aliphatic hydroxyl groups is 1. The Bertz CT molecular complexity index is 1550. The van der Waals surface area contributed by atoms with Gasteiger partial charge in [0.2, 0.25) is 0 Å². The summed E-state index contributed by atoms with van der Waals surface area (Å²) >= 11 is 0. The first kappa shape index (κ1) is 28.3. The lowest BCUT2D eigenvalue weighted by Gasteiger charge is -2.39. The molecular formula is C33H40N4O6. The van der Waals surface area contributed by atoms with Crippen LogP contribution in [0.4, 0.5) is 10.5 Å². The second kappa shape index (κ2) is 10.9. The fraction of sp³-hybridized carbons (Fsp3) is 0.576. The smallest absolute Gasteiger partial charge is 0.415 e. The van der Waals surface area contributed by atoms with Crippen molar-refractivity contribution in [2.45, 2.75) is 89.5 Å². The zero-order valence-electron chi connectivity index (χ0n) is 25.0. The molecule has 10 heteroatoms. The maximum absolute atomic E-state index is 13.6. The van der Waals surface area contributed by atoms with Crippen LogP contribution in [0.2, 0.25) is 0 Å². The van der Waals surface area contributed by atoms with Crippen LogP contribution in [0.25, 0.3) is 0 Å². The molecule has 2 aromatic rings. The molecule has 2 fully saturated rings. The molecule has 1 aromatic heterocycles. The van der Waals surface area contributed by atoms with Crippen molar-refractivity contribution in [3.8, 4) is 5.75 Å². The van der Waals surface area contributed by atoms with Gasteiger partial charge in [0.05, 0.1) is 22.7 Å². The van der Waals surface area contributed by atoms with Crippen molar-refractivity contribution in [2.24, 2.45) is 10.9 Å². The minimum atomic E-state index is -1.85. The molecule has 0 saturated carbocycles. The van der Waals surface area contributed by atoms with E-state index in [1.165, 1.54) is 32.4 Å². The number of fused-ring (bicyclic) bond motifs is 5. The molecule has 0 spiro atoms. The molecular weight excluding hydrogens is 548 g/mol. The monoisotopic (exact) mass is 588 g/mol. The Kier molecular flexibility index (Phi) is 7.16. The Morgan fingerprint density at radius 1 is 1.09 bits per heavy atom. The second-order valence-electron chi connectivity index (χ2n) is 12.6. The van der Waals surface area contributed by atoms with E-state index >= 15 is 0 Å². The van der Waals surface area contributed by atoms with Gasteiger partial charge in [-0.2, -0.15) is 0 Å². The highest BCUT2D eigenvalue weighted by Crippen LogP contribution is 2.46. The summed E-state index contributed by atoms with van der Waals surface area (Å²) in [5, 5.41) is 11.2. The average molecular weight is 589 g/mol. The highest BCUT2D eigenvalue weighted by Gasteiger charge is 2.47. The summed E-state index contributed by atoms with van der Waals surface area (Å²) in [6.07, 6.45) is 6.44. The van der Waals surface area contributed by atoms with Crippen molar-refractivity contribution in [3.05, 3.63) is 57.0 Å². The van der Waals surface area contributed by atoms with Crippen molar-refractivity contribution in [2.75, 3.05) is 26.2 Å². The summed E-state index contributed by atoms with van der Waals surface area (Å²) in [5.74, 6) is -0.219. The van der Waals surface area contributed by atoms with Gasteiger partial charge in [-0.25, -0.2) is 9.59 Å². The summed E-state index contributed by atoms with van der Waals surface area (Å²) in [6, 6.07) is 7.92. The number of carbonyl (C=O) groups excluding carboxylic acids is 2. The standard InChI is InChI=1S/C33H40N4O6/c1-3-22-23-16-21(43-32(40)36-14-10-20(11-15-36)35-12-6-5-7-13-35)8-9-27(23)34-29-24(22)18-37-28(29)17-26-25(30(37)38)19-42-31(39)33(26,41)4-2/h8-9,16-17,20,22,24,41H,3-7,10-15,18-19H2,1-2H3/t22?,24?,33-/m0/s1. The molecule has 2 unspecified atom stereocenters. The second-order valence-corrected chi connectivity index (χ2v) is 12.6. The highest BCUT2D eigenvalue weighted by atomic mass is 16.6. The van der Waals surface area contributed by atoms with Crippen LogP contribution in [0, 0.1) is 5.92 Å². The SMILES string of the molecule is CCC1c2cc(OC(=O)N3CCC(N4CCCCC4)CC3)ccc2N=C2c3cc4c(c(=O)n3CC21)COC(=O)[C@]4(O)CC. The number of pyridine rings is 1. The van der Waals surface area contributed by atoms with E-state index in [2.05, 4.69) is 11.8 Å². The van der Waals surface area contributed by atoms with Crippen LogP contribution in [-0.2, 0) is 28.3 Å². The lowest BCUT2D eigenvalue weighted by atomic mass is 9.78. The Labute approximate surface area is 251 Å². The normalized spacial score (nSPS) is 27.0. The number of cyclic esters (lactones) is 1. The number of likely N-dealkylation sites (tertiary alicyclic amines) is 2. The van der Waals surface area contributed by atoms with Crippen LogP contribution in [0.15, 0.2) is 34.1 Å². The van der Waals surface area contributed by atoms with E-state index in [1.54, 1.807) is 23.6 Å². The van der Waals surface area contributed by atoms with E-state index in [0.717, 1.165) is 36.2 Å². The molecule has 0 bridgehead atoms. The van der Waals surface area contributed by atoms with E-state index < -0.39 is 11.6 Å². The summed E-state index contributed by atoms with van der Waals surface area (Å²) in [5.41, 5.74) is 1.77. The predicted molar refractivity (Wildman–Crippen MR) is 160 cm³/mol. The number of ether oxygens (including phenoxy) is 2. The van der Waals surface area contributed by atoms with Gasteiger partial charge in [0, 0.05) is 37.2 Å². The maximum atomic E-state index is 13.6. The molecule has 1 amide bonds. The fourth-order valence-corrected chi connectivity index (χ4v) is 7.93. The van der Waals surface area contributed by atoms with Crippen LogP contribution in [0.3, 0.4) is 0 Å². The van der Waals surface area contributed by atoms with Gasteiger partial charge in [0.1, 0.15) is 12.4 Å². The number of aliphatic imine (C=N–C) groups is 1. The predicted octanol–water partition coefficient (Wildman–Crippen LogP) is 4.21. The quantitative estimate of drug-likeness (QED) is 0.533. The molecule has 3 atom stereocenters. The number of carbonyl (C=O) groups is 2. The van der Waals surface area contributed by atoms with Crippen molar-refractivity contribution in [1.82, 2.24) is 14.4 Å². The molecule has 0 aliphatic carbocycles. The lowest BCUT2D eigenvalue weighted by molar-refractivity contribution is -0.172. The van der Waals surface area contributed by atoms with E-state index in [4.69, 9.17) is 14.5 Å². The third-order valence-electron chi connectivity index (χ3n) is 10.4. The molecule has 0 radical (unpaired) electrons. The first-order chi connectivity index (χ1) is 20.8. The van der Waals surface area contributed by atoms with E-state index in [0.29, 0.717) is 48.2 Å². The van der Waals surface area contributed by atoms with Crippen molar-refractivity contribution in [1.29, 1.82) is 0 Å². The van der Waals surface area contributed by atoms with Crippen molar-refractivity contribution in [3.63, 3.8) is 0 Å². The van der Waals surface area contributed by atoms with Crippen LogP contribution in [-0.4, -0.2) is 69.5 Å². The zero-order valence-corrected chi connectivity index (χ0v) is 25.0. The molecule has 228 valence electrons. The van der Waals surface area contributed by atoms with Gasteiger partial charge in [-0.1, -0.05) is 20.3 Å². The molecule has 10 nitrogen and oxygen atoms in total. The number of hydrogen-bond donors (Lipinski definition) is 1. The van der Waals surface area contributed by atoms with Crippen LogP contribution in [0.1, 0.15) is 87.1 Å². The largest absolute Gasteiger partial charge is 0.458 e. The number of hydrogen-bond acceptors (Lipinski definition) is 8. The van der Waals surface area contributed by atoms with Gasteiger partial charge < -0.3 is 28.9 Å². The average Bonchev–Trinajstić information content (AvgIpc) is 3.41. The first-order valence-electron chi connectivity index (χ1n) is 15.9. The topological polar surface area (TPSA) is 114 Å². The number of piperidine rings is 2. The number of esters is 1. The molecule has 2 saturated heterocycles. The van der Waals surface area contributed by atoms with Crippen LogP contribution in [0.5, 0.6) is 5.75 Å². The molecule has 43 heavy (non-hydrogen) atoms. The zero-order chi connectivity index (χ0) is 29.9. The number of amides is 1. The number of aromatic nitrogens is 1. The molecule has 1 aromatic carbocycles. The van der Waals surface area contributed by atoms with E-state index in [1.807, 2.05) is 17.0 Å². The minimum Gasteiger partial charge on any atom is -0.458 e. The van der Waals surface area contributed by atoms with Gasteiger partial charge in [-0.3, -0.25) is 9.79 Å². The summed E-state index contributed by atoms with van der Waals surface area (Å²) < 4.78 is 12.8. The third-order valence-corrected chi connectivity index (χ3v) is 10.4. The Morgan fingerprint density at radius 3 is 2.58 bits per heavy atom. The van der Waals surface area contributed by atoms with Crippen LogP contribution < -0.4 is 10.3 Å². The van der Waals surface area contributed by atoms with Crippen molar-refractivity contribution < 1.29 is 24.2 Å². The van der Waals surface area contributed by atoms with Gasteiger partial charge in [0.25, 0.3) is 5.56 Å². The Hall–Kier alpha value is -3.50. The molecule has 7 rings (SSSR count). The summed E-state index contributed by atoms with van der Waals surface area (Å²) in [6.45, 7) is 7.88. The number of nitrogens with zero attached hydrogens (tertiary/aromatic N) is 4. The van der Waals surface area contributed by atoms with Crippen molar-refractivity contribution >= 4 is 23.5 Å². The molecule has 1 N–H and O–H groups in total. The first-order valence-corrected chi connectivity index (χ1v) is 15.9. The third kappa shape index (κ3) is 4.61. The van der Waals surface area contributed by atoms with Gasteiger partial charge in [0.15, 0.2) is 5.60 Å². The molecule has 6 heterocycles. The molecule has 5 aliphatic rings. The van der Waals surface area contributed by atoms with Crippen LogP contribution >= 0.6 is 0 Å². The maximum Gasteiger partial charge on any atom is 0.415 e. The molecule has 5 aliphatic heterocycles. The number of benzene rings is 1. The Morgan fingerprint density at radius 2 is 1.86 bits per heavy atom. The number of rotatable bonds is 4. The van der Waals surface area contributed by atoms with Gasteiger partial charge in [-0.05, 0) is 87.4 Å².